The number of amides is 1. The second-order valence-corrected chi connectivity index (χ2v) is 7.16. The van der Waals surface area contributed by atoms with Gasteiger partial charge in [0.2, 0.25) is 0 Å². The fraction of sp³-hybridized carbons (Fsp3) is 0.471. The first-order valence-electron chi connectivity index (χ1n) is 7.87. The minimum atomic E-state index is -6.23. The van der Waals surface area contributed by atoms with Crippen molar-refractivity contribution in [2.24, 2.45) is 5.41 Å². The number of nitrogens with zero attached hydrogens (tertiary/aromatic N) is 1. The van der Waals surface area contributed by atoms with E-state index in [9.17, 15) is 35.5 Å². The van der Waals surface area contributed by atoms with Crippen molar-refractivity contribution in [3.8, 4) is 0 Å². The smallest absolute Gasteiger partial charge is 0.272 e. The Kier molecular flexibility index (Phi) is 6.39. The van der Waals surface area contributed by atoms with E-state index in [1.54, 1.807) is 52.9 Å². The highest BCUT2D eigenvalue weighted by molar-refractivity contribution is 14.1. The molecule has 2 rings (SSSR count). The van der Waals surface area contributed by atoms with Gasteiger partial charge in [0.25, 0.3) is 5.91 Å². The Balaban J connectivity index is 2.30. The number of halogens is 8. The molecule has 1 fully saturated rings. The normalized spacial score (nSPS) is 23.0. The lowest BCUT2D eigenvalue weighted by atomic mass is 9.75. The average Bonchev–Trinajstić information content (AvgIpc) is 2.82. The van der Waals surface area contributed by atoms with Gasteiger partial charge in [-0.3, -0.25) is 9.63 Å². The first-order chi connectivity index (χ1) is 12.8. The highest BCUT2D eigenvalue weighted by atomic mass is 127. The summed E-state index contributed by atoms with van der Waals surface area (Å²) in [6.07, 6.45) is -14.6. The lowest BCUT2D eigenvalue weighted by Crippen LogP contribution is -2.56. The molecule has 156 valence electrons. The fourth-order valence-corrected chi connectivity index (χ4v) is 3.72. The van der Waals surface area contributed by atoms with Gasteiger partial charge in [0, 0.05) is 6.42 Å². The van der Waals surface area contributed by atoms with Gasteiger partial charge in [0.1, 0.15) is 6.61 Å². The van der Waals surface area contributed by atoms with Crippen LogP contribution in [0.15, 0.2) is 40.0 Å². The van der Waals surface area contributed by atoms with Crippen LogP contribution < -0.4 is 0 Å². The van der Waals surface area contributed by atoms with Crippen LogP contribution in [0.3, 0.4) is 0 Å². The molecule has 1 atom stereocenters. The number of hydroxylamine groups is 2. The number of carbonyl (C=O) groups is 1. The third kappa shape index (κ3) is 4.14. The fourth-order valence-electron chi connectivity index (χ4n) is 2.84. The van der Waals surface area contributed by atoms with E-state index in [2.05, 4.69) is 0 Å². The second-order valence-electron chi connectivity index (χ2n) is 6.54. The van der Waals surface area contributed by atoms with Crippen molar-refractivity contribution in [3.63, 3.8) is 0 Å². The van der Waals surface area contributed by atoms with Crippen molar-refractivity contribution < 1.29 is 40.4 Å². The number of carbonyl (C=O) groups excluding carboxylic acids is 1. The van der Waals surface area contributed by atoms with Gasteiger partial charge in [-0.2, -0.15) is 26.3 Å². The van der Waals surface area contributed by atoms with Crippen LogP contribution in [0.2, 0.25) is 0 Å². The summed E-state index contributed by atoms with van der Waals surface area (Å²) in [7, 11) is 0. The summed E-state index contributed by atoms with van der Waals surface area (Å²) in [6, 6.07) is 8.43. The molecule has 1 aliphatic rings. The molecule has 1 heterocycles. The van der Waals surface area contributed by atoms with E-state index >= 15 is 0 Å². The minimum Gasteiger partial charge on any atom is -0.272 e. The van der Waals surface area contributed by atoms with E-state index in [1.165, 1.54) is 4.08 Å². The van der Waals surface area contributed by atoms with E-state index in [-0.39, 0.29) is 18.7 Å². The third-order valence-electron chi connectivity index (χ3n) is 4.58. The maximum atomic E-state index is 14.3. The number of hydrogen-bond acceptors (Lipinski definition) is 2. The summed E-state index contributed by atoms with van der Waals surface area (Å²) in [6.45, 7) is 0.366. The topological polar surface area (TPSA) is 29.5 Å². The van der Waals surface area contributed by atoms with Crippen LogP contribution in [0, 0.1) is 5.41 Å². The van der Waals surface area contributed by atoms with Gasteiger partial charge in [-0.05, 0) is 22.1 Å². The quantitative estimate of drug-likeness (QED) is 0.375. The number of rotatable bonds is 5. The highest BCUT2D eigenvalue weighted by Crippen LogP contribution is 2.55. The molecule has 11 heteroatoms. The second kappa shape index (κ2) is 7.81. The zero-order valence-corrected chi connectivity index (χ0v) is 16.5. The molecule has 0 bridgehead atoms. The number of hydrogen-bond donors (Lipinski definition) is 0. The first kappa shape index (κ1) is 22.9. The Hall–Kier alpha value is -1.37. The van der Waals surface area contributed by atoms with Crippen LogP contribution in [0.4, 0.5) is 30.7 Å². The third-order valence-corrected chi connectivity index (χ3v) is 5.33. The molecule has 28 heavy (non-hydrogen) atoms. The van der Waals surface area contributed by atoms with Gasteiger partial charge < -0.3 is 0 Å². The van der Waals surface area contributed by atoms with Crippen LogP contribution >= 0.6 is 22.6 Å². The van der Waals surface area contributed by atoms with Gasteiger partial charge >= 0.3 is 18.0 Å². The Morgan fingerprint density at radius 3 is 2.11 bits per heavy atom. The van der Waals surface area contributed by atoms with Gasteiger partial charge in [0.15, 0.2) is 0 Å². The monoisotopic (exact) mass is 525 g/mol. The molecule has 1 unspecified atom stereocenters. The van der Waals surface area contributed by atoms with Crippen LogP contribution in [0.1, 0.15) is 18.9 Å². The van der Waals surface area contributed by atoms with Crippen molar-refractivity contribution >= 4 is 28.5 Å². The molecule has 1 aromatic rings. The first-order valence-corrected chi connectivity index (χ1v) is 9.12. The molecule has 0 spiro atoms. The summed E-state index contributed by atoms with van der Waals surface area (Å²) in [4.78, 5) is 17.9. The van der Waals surface area contributed by atoms with Crippen molar-refractivity contribution in [2.75, 3.05) is 6.54 Å². The summed E-state index contributed by atoms with van der Waals surface area (Å²) in [5.41, 5.74) is -7.36. The molecule has 0 aliphatic carbocycles. The molecule has 0 radical (unpaired) electrons. The molecular formula is C17H15F7INO2. The average molecular weight is 525 g/mol. The molecule has 0 saturated carbocycles. The predicted octanol–water partition coefficient (Wildman–Crippen LogP) is 5.51. The summed E-state index contributed by atoms with van der Waals surface area (Å²) >= 11 is 1.59. The summed E-state index contributed by atoms with van der Waals surface area (Å²) in [5.74, 6) is -1.16. The van der Waals surface area contributed by atoms with Crippen LogP contribution in [0.5, 0.6) is 0 Å². The van der Waals surface area contributed by atoms with Crippen LogP contribution in [-0.2, 0) is 16.2 Å². The van der Waals surface area contributed by atoms with E-state index in [1.807, 2.05) is 0 Å². The van der Waals surface area contributed by atoms with Gasteiger partial charge in [-0.15, -0.1) is 0 Å². The maximum Gasteiger partial charge on any atom is 0.431 e. The lowest BCUT2D eigenvalue weighted by Gasteiger charge is -2.35. The van der Waals surface area contributed by atoms with Crippen molar-refractivity contribution in [3.05, 3.63) is 45.6 Å². The highest BCUT2D eigenvalue weighted by Gasteiger charge is 2.75. The summed E-state index contributed by atoms with van der Waals surface area (Å²) < 4.78 is 93.3. The Bertz CT molecular complexity index is 734. The van der Waals surface area contributed by atoms with Crippen LogP contribution in [-0.4, -0.2) is 35.5 Å². The van der Waals surface area contributed by atoms with Crippen molar-refractivity contribution in [2.45, 2.75) is 38.0 Å². The van der Waals surface area contributed by atoms with E-state index in [0.29, 0.717) is 10.6 Å². The standard InChI is InChI=1S/C17H15F7INO2/c1-14(10-15(18,16(19,20)21)17(22,23)24)12(7-25)8-26(13(14)27)28-9-11-5-3-2-4-6-11/h2-7H,8-10H2,1H3/b12-7+. The predicted molar refractivity (Wildman–Crippen MR) is 93.7 cm³/mol. The minimum absolute atomic E-state index is 0.0957. The van der Waals surface area contributed by atoms with Crippen molar-refractivity contribution in [1.29, 1.82) is 0 Å². The molecule has 1 amide bonds. The van der Waals surface area contributed by atoms with Gasteiger partial charge in [-0.25, -0.2) is 9.45 Å². The van der Waals surface area contributed by atoms with Crippen molar-refractivity contribution in [1.82, 2.24) is 5.06 Å². The van der Waals surface area contributed by atoms with Gasteiger partial charge in [0.05, 0.1) is 12.0 Å². The van der Waals surface area contributed by atoms with E-state index < -0.39 is 35.8 Å². The zero-order valence-electron chi connectivity index (χ0n) is 14.4. The zero-order chi connectivity index (χ0) is 21.4. The largest absolute Gasteiger partial charge is 0.431 e. The lowest BCUT2D eigenvalue weighted by molar-refractivity contribution is -0.347. The molecule has 1 saturated heterocycles. The van der Waals surface area contributed by atoms with E-state index in [4.69, 9.17) is 4.84 Å². The molecule has 0 aromatic heterocycles. The number of benzene rings is 1. The summed E-state index contributed by atoms with van der Waals surface area (Å²) in [5, 5.41) is 0.671. The SMILES string of the molecule is CC1(CC(F)(C(F)(F)F)C(F)(F)F)C(=O)N(OCc2ccccc2)C/C1=C\I. The molecule has 1 aliphatic heterocycles. The van der Waals surface area contributed by atoms with Gasteiger partial charge in [-0.1, -0.05) is 52.9 Å². The molecule has 0 N–H and O–H groups in total. The Morgan fingerprint density at radius 2 is 1.64 bits per heavy atom. The Morgan fingerprint density at radius 1 is 1.11 bits per heavy atom. The molecule has 3 nitrogen and oxygen atoms in total. The van der Waals surface area contributed by atoms with E-state index in [0.717, 1.165) is 6.92 Å². The van der Waals surface area contributed by atoms with Crippen LogP contribution in [0.25, 0.3) is 0 Å². The molecular weight excluding hydrogens is 510 g/mol. The molecule has 1 aromatic carbocycles. The maximum absolute atomic E-state index is 14.3. The Labute approximate surface area is 169 Å². The number of alkyl halides is 7.